The van der Waals surface area contributed by atoms with Gasteiger partial charge >= 0.3 is 0 Å². The van der Waals surface area contributed by atoms with Crippen LogP contribution in [0.2, 0.25) is 0 Å². The molecule has 2 amide bonds. The van der Waals surface area contributed by atoms with Crippen LogP contribution in [0.1, 0.15) is 43.4 Å². The normalized spacial score (nSPS) is 12.3. The van der Waals surface area contributed by atoms with Gasteiger partial charge in [-0.25, -0.2) is 8.42 Å². The molecule has 0 radical (unpaired) electrons. The summed E-state index contributed by atoms with van der Waals surface area (Å²) in [6.45, 7) is 7.50. The summed E-state index contributed by atoms with van der Waals surface area (Å²) < 4.78 is 26.2. The molecule has 1 atom stereocenters. The van der Waals surface area contributed by atoms with Gasteiger partial charge in [0.1, 0.15) is 12.6 Å². The Bertz CT molecular complexity index is 1030. The Kier molecular flexibility index (Phi) is 8.44. The largest absolute Gasteiger partial charge is 0.357 e. The maximum absolute atomic E-state index is 13.3. The first-order valence-corrected chi connectivity index (χ1v) is 12.4. The van der Waals surface area contributed by atoms with E-state index in [1.807, 2.05) is 43.3 Å². The number of hydrogen-bond acceptors (Lipinski definition) is 4. The highest BCUT2D eigenvalue weighted by atomic mass is 32.2. The van der Waals surface area contributed by atoms with Crippen molar-refractivity contribution in [1.82, 2.24) is 10.2 Å². The zero-order chi connectivity index (χ0) is 24.1. The van der Waals surface area contributed by atoms with Crippen molar-refractivity contribution in [3.05, 3.63) is 65.2 Å². The number of benzene rings is 2. The number of amides is 2. The first-order chi connectivity index (χ1) is 14.9. The van der Waals surface area contributed by atoms with Crippen molar-refractivity contribution in [3.63, 3.8) is 0 Å². The molecule has 0 aromatic heterocycles. The number of anilines is 1. The molecular weight excluding hydrogens is 426 g/mol. The van der Waals surface area contributed by atoms with Crippen molar-refractivity contribution in [2.24, 2.45) is 0 Å². The second-order valence-electron chi connectivity index (χ2n) is 8.31. The second-order valence-corrected chi connectivity index (χ2v) is 10.2. The molecule has 0 saturated heterocycles. The van der Waals surface area contributed by atoms with Crippen LogP contribution in [0.3, 0.4) is 0 Å². The predicted molar refractivity (Wildman–Crippen MR) is 128 cm³/mol. The molecule has 2 rings (SSSR count). The lowest BCUT2D eigenvalue weighted by Gasteiger charge is -2.31. The molecule has 7 nitrogen and oxygen atoms in total. The molecule has 0 saturated carbocycles. The van der Waals surface area contributed by atoms with Crippen LogP contribution in [0.25, 0.3) is 0 Å². The molecule has 0 heterocycles. The Morgan fingerprint density at radius 3 is 2.00 bits per heavy atom. The van der Waals surface area contributed by atoms with Gasteiger partial charge in [0.2, 0.25) is 21.8 Å². The van der Waals surface area contributed by atoms with Gasteiger partial charge in [-0.05, 0) is 43.0 Å². The second kappa shape index (κ2) is 10.6. The SMILES string of the molecule is CNC(=O)C(C)N(Cc1ccc(C)cc1)C(=O)CN(c1ccc(C(C)C)cc1)S(C)(=O)=O. The molecule has 0 bridgehead atoms. The summed E-state index contributed by atoms with van der Waals surface area (Å²) in [6.07, 6.45) is 1.07. The number of nitrogens with one attached hydrogen (secondary N) is 1. The van der Waals surface area contributed by atoms with Crippen molar-refractivity contribution in [2.75, 3.05) is 24.2 Å². The molecular formula is C24H33N3O4S. The summed E-state index contributed by atoms with van der Waals surface area (Å²) in [6, 6.07) is 14.0. The van der Waals surface area contributed by atoms with Gasteiger partial charge in [0, 0.05) is 13.6 Å². The van der Waals surface area contributed by atoms with Crippen molar-refractivity contribution in [1.29, 1.82) is 0 Å². The average Bonchev–Trinajstić information content (AvgIpc) is 2.75. The standard InChI is InChI=1S/C24H33N3O4S/c1-17(2)21-11-13-22(14-12-21)27(32(6,30)31)16-23(28)26(19(4)24(29)25-5)15-20-9-7-18(3)8-10-20/h7-14,17,19H,15-16H2,1-6H3,(H,25,29). The first kappa shape index (κ1) is 25.4. The number of sulfonamides is 1. The number of hydrogen-bond donors (Lipinski definition) is 1. The van der Waals surface area contributed by atoms with Gasteiger partial charge in [-0.15, -0.1) is 0 Å². The van der Waals surface area contributed by atoms with Crippen LogP contribution >= 0.6 is 0 Å². The van der Waals surface area contributed by atoms with E-state index in [0.29, 0.717) is 11.6 Å². The zero-order valence-corrected chi connectivity index (χ0v) is 20.4. The smallest absolute Gasteiger partial charge is 0.244 e. The van der Waals surface area contributed by atoms with Gasteiger partial charge in [0.05, 0.1) is 11.9 Å². The third-order valence-corrected chi connectivity index (χ3v) is 6.55. The minimum atomic E-state index is -3.72. The summed E-state index contributed by atoms with van der Waals surface area (Å²) in [5.41, 5.74) is 3.42. The minimum Gasteiger partial charge on any atom is -0.357 e. The molecule has 2 aromatic carbocycles. The van der Waals surface area contributed by atoms with Crippen molar-refractivity contribution in [3.8, 4) is 0 Å². The Labute approximate surface area is 191 Å². The van der Waals surface area contributed by atoms with Crippen molar-refractivity contribution >= 4 is 27.5 Å². The molecule has 1 N–H and O–H groups in total. The molecule has 0 aliphatic rings. The number of aryl methyl sites for hydroxylation is 1. The van der Waals surface area contributed by atoms with Crippen LogP contribution in [-0.4, -0.2) is 51.0 Å². The third kappa shape index (κ3) is 6.56. The zero-order valence-electron chi connectivity index (χ0n) is 19.6. The molecule has 2 aromatic rings. The Balaban J connectivity index is 2.36. The quantitative estimate of drug-likeness (QED) is 0.624. The van der Waals surface area contributed by atoms with E-state index in [4.69, 9.17) is 0 Å². The topological polar surface area (TPSA) is 86.8 Å². The Morgan fingerprint density at radius 2 is 1.53 bits per heavy atom. The van der Waals surface area contributed by atoms with E-state index in [-0.39, 0.29) is 12.5 Å². The maximum Gasteiger partial charge on any atom is 0.244 e. The van der Waals surface area contributed by atoms with Crippen LogP contribution in [0.15, 0.2) is 48.5 Å². The van der Waals surface area contributed by atoms with Crippen LogP contribution in [0.4, 0.5) is 5.69 Å². The van der Waals surface area contributed by atoms with Gasteiger partial charge in [0.25, 0.3) is 0 Å². The molecule has 174 valence electrons. The molecule has 0 fully saturated rings. The summed E-state index contributed by atoms with van der Waals surface area (Å²) in [5.74, 6) is -0.478. The highest BCUT2D eigenvalue weighted by molar-refractivity contribution is 7.92. The Hall–Kier alpha value is -2.87. The number of nitrogens with zero attached hydrogens (tertiary/aromatic N) is 2. The molecule has 0 aliphatic carbocycles. The lowest BCUT2D eigenvalue weighted by molar-refractivity contribution is -0.139. The van der Waals surface area contributed by atoms with Gasteiger partial charge < -0.3 is 10.2 Å². The summed E-state index contributed by atoms with van der Waals surface area (Å²) in [5, 5.41) is 2.56. The maximum atomic E-state index is 13.3. The van der Waals surface area contributed by atoms with E-state index >= 15 is 0 Å². The van der Waals surface area contributed by atoms with E-state index in [9.17, 15) is 18.0 Å². The van der Waals surface area contributed by atoms with Gasteiger partial charge in [-0.3, -0.25) is 13.9 Å². The predicted octanol–water partition coefficient (Wildman–Crippen LogP) is 3.05. The third-order valence-electron chi connectivity index (χ3n) is 5.41. The van der Waals surface area contributed by atoms with Crippen LogP contribution < -0.4 is 9.62 Å². The van der Waals surface area contributed by atoms with E-state index < -0.39 is 28.5 Å². The summed E-state index contributed by atoms with van der Waals surface area (Å²) >= 11 is 0. The van der Waals surface area contributed by atoms with Gasteiger partial charge in [0.15, 0.2) is 0 Å². The molecule has 32 heavy (non-hydrogen) atoms. The number of carbonyl (C=O) groups is 2. The number of carbonyl (C=O) groups excluding carboxylic acids is 2. The highest BCUT2D eigenvalue weighted by Gasteiger charge is 2.29. The van der Waals surface area contributed by atoms with Gasteiger partial charge in [-0.2, -0.15) is 0 Å². The summed E-state index contributed by atoms with van der Waals surface area (Å²) in [4.78, 5) is 27.0. The first-order valence-electron chi connectivity index (χ1n) is 10.6. The fourth-order valence-electron chi connectivity index (χ4n) is 3.32. The van der Waals surface area contributed by atoms with Crippen molar-refractivity contribution in [2.45, 2.75) is 46.2 Å². The summed E-state index contributed by atoms with van der Waals surface area (Å²) in [7, 11) is -2.22. The van der Waals surface area contributed by atoms with E-state index in [1.165, 1.54) is 11.9 Å². The van der Waals surface area contributed by atoms with E-state index in [1.54, 1.807) is 19.1 Å². The molecule has 1 unspecified atom stereocenters. The monoisotopic (exact) mass is 459 g/mol. The molecule has 8 heteroatoms. The lowest BCUT2D eigenvalue weighted by Crippen LogP contribution is -2.50. The lowest BCUT2D eigenvalue weighted by atomic mass is 10.0. The average molecular weight is 460 g/mol. The number of likely N-dealkylation sites (N-methyl/N-ethyl adjacent to an activating group) is 1. The number of rotatable bonds is 9. The van der Waals surface area contributed by atoms with Crippen LogP contribution in [0.5, 0.6) is 0 Å². The van der Waals surface area contributed by atoms with E-state index in [2.05, 4.69) is 19.2 Å². The molecule has 0 spiro atoms. The fraction of sp³-hybridized carbons (Fsp3) is 0.417. The van der Waals surface area contributed by atoms with Crippen LogP contribution in [0, 0.1) is 6.92 Å². The van der Waals surface area contributed by atoms with Gasteiger partial charge in [-0.1, -0.05) is 55.8 Å². The minimum absolute atomic E-state index is 0.192. The van der Waals surface area contributed by atoms with Crippen molar-refractivity contribution < 1.29 is 18.0 Å². The van der Waals surface area contributed by atoms with Crippen LogP contribution in [-0.2, 0) is 26.2 Å². The molecule has 0 aliphatic heterocycles. The fourth-order valence-corrected chi connectivity index (χ4v) is 4.17. The van der Waals surface area contributed by atoms with E-state index in [0.717, 1.165) is 27.3 Å². The Morgan fingerprint density at radius 1 is 0.969 bits per heavy atom. The highest BCUT2D eigenvalue weighted by Crippen LogP contribution is 2.22.